The van der Waals surface area contributed by atoms with Crippen LogP contribution in [0.15, 0.2) is 30.5 Å². The molecule has 1 aliphatic rings. The average molecular weight is 327 g/mol. The van der Waals surface area contributed by atoms with Crippen molar-refractivity contribution in [1.82, 2.24) is 9.88 Å². The Labute approximate surface area is 127 Å². The minimum atomic E-state index is -2.98. The number of aromatic nitrogens is 1. The number of carbonyl (C=O) groups is 1. The van der Waals surface area contributed by atoms with Gasteiger partial charge in [0.2, 0.25) is 5.91 Å². The van der Waals surface area contributed by atoms with Gasteiger partial charge in [-0.05, 0) is 24.6 Å². The second-order valence-corrected chi connectivity index (χ2v) is 7.92. The van der Waals surface area contributed by atoms with Crippen LogP contribution in [-0.2, 0) is 21.2 Å². The minimum Gasteiger partial charge on any atom is -0.351 e. The monoisotopic (exact) mass is 326 g/mol. The van der Waals surface area contributed by atoms with Crippen LogP contribution >= 0.6 is 11.6 Å². The summed E-state index contributed by atoms with van der Waals surface area (Å²) >= 11 is 6.10. The molecule has 7 heteroatoms. The Hall–Kier alpha value is -1.53. The lowest BCUT2D eigenvalue weighted by atomic mass is 10.2. The molecule has 1 aromatic carbocycles. The van der Waals surface area contributed by atoms with Gasteiger partial charge in [0.05, 0.1) is 11.5 Å². The number of fused-ring (bicyclic) bond motifs is 1. The number of sulfone groups is 1. The molecule has 5 nitrogen and oxygen atoms in total. The number of hydrogen-bond donors (Lipinski definition) is 1. The Morgan fingerprint density at radius 2 is 2.19 bits per heavy atom. The molecule has 1 saturated heterocycles. The Kier molecular flexibility index (Phi) is 3.67. The van der Waals surface area contributed by atoms with E-state index in [4.69, 9.17) is 11.6 Å². The molecule has 1 aromatic heterocycles. The van der Waals surface area contributed by atoms with Crippen LogP contribution in [0.5, 0.6) is 0 Å². The van der Waals surface area contributed by atoms with Gasteiger partial charge in [0.25, 0.3) is 0 Å². The summed E-state index contributed by atoms with van der Waals surface area (Å²) in [6.07, 6.45) is 2.30. The largest absolute Gasteiger partial charge is 0.351 e. The van der Waals surface area contributed by atoms with E-state index in [1.165, 1.54) is 0 Å². The van der Waals surface area contributed by atoms with E-state index in [-0.39, 0.29) is 30.0 Å². The SMILES string of the molecule is O=C(Cn1ccc2c(Cl)cccc21)N[C@@H]1CCS(=O)(=O)C1. The summed E-state index contributed by atoms with van der Waals surface area (Å²) in [4.78, 5) is 12.0. The minimum absolute atomic E-state index is 0.0387. The molecule has 2 heterocycles. The van der Waals surface area contributed by atoms with Gasteiger partial charge in [0.15, 0.2) is 9.84 Å². The highest BCUT2D eigenvalue weighted by Crippen LogP contribution is 2.24. The highest BCUT2D eigenvalue weighted by atomic mass is 35.5. The van der Waals surface area contributed by atoms with Gasteiger partial charge in [0, 0.05) is 28.2 Å². The van der Waals surface area contributed by atoms with Crippen molar-refractivity contribution < 1.29 is 13.2 Å². The fraction of sp³-hybridized carbons (Fsp3) is 0.357. The number of benzene rings is 1. The van der Waals surface area contributed by atoms with Gasteiger partial charge >= 0.3 is 0 Å². The van der Waals surface area contributed by atoms with Gasteiger partial charge in [0.1, 0.15) is 6.54 Å². The number of hydrogen-bond acceptors (Lipinski definition) is 3. The molecule has 0 bridgehead atoms. The first-order chi connectivity index (χ1) is 9.94. The molecule has 1 aliphatic heterocycles. The third kappa shape index (κ3) is 3.06. The second-order valence-electron chi connectivity index (χ2n) is 5.28. The molecule has 0 unspecified atom stereocenters. The molecule has 21 heavy (non-hydrogen) atoms. The zero-order chi connectivity index (χ0) is 15.0. The first kappa shape index (κ1) is 14.4. The van der Waals surface area contributed by atoms with Crippen molar-refractivity contribution in [3.05, 3.63) is 35.5 Å². The molecule has 0 radical (unpaired) electrons. The van der Waals surface area contributed by atoms with E-state index < -0.39 is 9.84 Å². The van der Waals surface area contributed by atoms with Crippen molar-refractivity contribution in [3.8, 4) is 0 Å². The van der Waals surface area contributed by atoms with Gasteiger partial charge < -0.3 is 9.88 Å². The molecular formula is C14H15ClN2O3S. The molecule has 0 saturated carbocycles. The van der Waals surface area contributed by atoms with Crippen molar-refractivity contribution in [1.29, 1.82) is 0 Å². The third-order valence-corrected chi connectivity index (χ3v) is 5.77. The number of halogens is 1. The topological polar surface area (TPSA) is 68.2 Å². The van der Waals surface area contributed by atoms with Crippen molar-refractivity contribution in [2.75, 3.05) is 11.5 Å². The van der Waals surface area contributed by atoms with E-state index in [2.05, 4.69) is 5.32 Å². The fourth-order valence-electron chi connectivity index (χ4n) is 2.66. The smallest absolute Gasteiger partial charge is 0.240 e. The van der Waals surface area contributed by atoms with Gasteiger partial charge in [-0.2, -0.15) is 0 Å². The second kappa shape index (κ2) is 5.35. The van der Waals surface area contributed by atoms with E-state index in [0.717, 1.165) is 10.9 Å². The first-order valence-corrected chi connectivity index (χ1v) is 8.88. The molecule has 0 aliphatic carbocycles. The highest BCUT2D eigenvalue weighted by molar-refractivity contribution is 7.91. The van der Waals surface area contributed by atoms with E-state index >= 15 is 0 Å². The molecule has 2 aromatic rings. The van der Waals surface area contributed by atoms with Crippen molar-refractivity contribution in [3.63, 3.8) is 0 Å². The van der Waals surface area contributed by atoms with Gasteiger partial charge in [-0.1, -0.05) is 17.7 Å². The van der Waals surface area contributed by atoms with Crippen molar-refractivity contribution >= 4 is 38.2 Å². The lowest BCUT2D eigenvalue weighted by Gasteiger charge is -2.12. The van der Waals surface area contributed by atoms with Gasteiger partial charge in [-0.25, -0.2) is 8.42 Å². The molecular weight excluding hydrogens is 312 g/mol. The van der Waals surface area contributed by atoms with Crippen LogP contribution in [0.25, 0.3) is 10.9 Å². The van der Waals surface area contributed by atoms with E-state index in [1.807, 2.05) is 24.4 Å². The molecule has 112 valence electrons. The number of carbonyl (C=O) groups excluding carboxylic acids is 1. The van der Waals surface area contributed by atoms with E-state index in [9.17, 15) is 13.2 Å². The van der Waals surface area contributed by atoms with E-state index in [0.29, 0.717) is 11.4 Å². The Bertz CT molecular complexity index is 798. The van der Waals surface area contributed by atoms with Crippen LogP contribution in [0.2, 0.25) is 5.02 Å². The molecule has 1 N–H and O–H groups in total. The van der Waals surface area contributed by atoms with Crippen LogP contribution in [0.3, 0.4) is 0 Å². The summed E-state index contributed by atoms with van der Waals surface area (Å²) in [5, 5.41) is 4.33. The zero-order valence-corrected chi connectivity index (χ0v) is 12.8. The quantitative estimate of drug-likeness (QED) is 0.931. The zero-order valence-electron chi connectivity index (χ0n) is 11.3. The number of nitrogens with one attached hydrogen (secondary N) is 1. The molecule has 1 atom stereocenters. The Morgan fingerprint density at radius 1 is 1.38 bits per heavy atom. The predicted molar refractivity (Wildman–Crippen MR) is 82.1 cm³/mol. The normalized spacial score (nSPS) is 20.7. The summed E-state index contributed by atoms with van der Waals surface area (Å²) in [5.41, 5.74) is 0.886. The first-order valence-electron chi connectivity index (χ1n) is 6.68. The summed E-state index contributed by atoms with van der Waals surface area (Å²) in [7, 11) is -2.98. The van der Waals surface area contributed by atoms with Crippen molar-refractivity contribution in [2.24, 2.45) is 0 Å². The van der Waals surface area contributed by atoms with Crippen LogP contribution < -0.4 is 5.32 Å². The Balaban J connectivity index is 1.71. The Morgan fingerprint density at radius 3 is 2.90 bits per heavy atom. The lowest BCUT2D eigenvalue weighted by Crippen LogP contribution is -2.37. The molecule has 3 rings (SSSR count). The average Bonchev–Trinajstić information content (AvgIpc) is 2.95. The van der Waals surface area contributed by atoms with Gasteiger partial charge in [-0.3, -0.25) is 4.79 Å². The van der Waals surface area contributed by atoms with E-state index in [1.54, 1.807) is 10.6 Å². The number of amides is 1. The summed E-state index contributed by atoms with van der Waals surface area (Å²) in [6, 6.07) is 7.13. The maximum atomic E-state index is 12.0. The fourth-order valence-corrected chi connectivity index (χ4v) is 4.57. The van der Waals surface area contributed by atoms with Crippen LogP contribution in [0.1, 0.15) is 6.42 Å². The molecule has 1 amide bonds. The summed E-state index contributed by atoms with van der Waals surface area (Å²) in [5.74, 6) is 0.00589. The summed E-state index contributed by atoms with van der Waals surface area (Å²) in [6.45, 7) is 0.153. The maximum Gasteiger partial charge on any atom is 0.240 e. The van der Waals surface area contributed by atoms with Crippen LogP contribution in [-0.4, -0.2) is 36.4 Å². The number of nitrogens with zero attached hydrogens (tertiary/aromatic N) is 1. The lowest BCUT2D eigenvalue weighted by molar-refractivity contribution is -0.122. The van der Waals surface area contributed by atoms with Crippen LogP contribution in [0.4, 0.5) is 0 Å². The third-order valence-electron chi connectivity index (χ3n) is 3.67. The summed E-state index contributed by atoms with van der Waals surface area (Å²) < 4.78 is 24.6. The standard InChI is InChI=1S/C14H15ClN2O3S/c15-12-2-1-3-13-11(12)4-6-17(13)8-14(18)16-10-5-7-21(19,20)9-10/h1-4,6,10H,5,7-9H2,(H,16,18)/t10-/m1/s1. The van der Waals surface area contributed by atoms with Crippen molar-refractivity contribution in [2.45, 2.75) is 19.0 Å². The highest BCUT2D eigenvalue weighted by Gasteiger charge is 2.28. The maximum absolute atomic E-state index is 12.0. The predicted octanol–water partition coefficient (Wildman–Crippen LogP) is 1.60. The van der Waals surface area contributed by atoms with Gasteiger partial charge in [-0.15, -0.1) is 0 Å². The molecule has 0 spiro atoms. The molecule has 1 fully saturated rings. The van der Waals surface area contributed by atoms with Crippen LogP contribution in [0, 0.1) is 0 Å². The number of rotatable bonds is 3.